The van der Waals surface area contributed by atoms with Crippen LogP contribution in [0.3, 0.4) is 0 Å². The maximum absolute atomic E-state index is 12.5. The lowest BCUT2D eigenvalue weighted by molar-refractivity contribution is -0.143. The summed E-state index contributed by atoms with van der Waals surface area (Å²) in [5.74, 6) is -0.538. The van der Waals surface area contributed by atoms with Gasteiger partial charge in [-0.2, -0.15) is 0 Å². The number of esters is 1. The fraction of sp³-hybridized carbons (Fsp3) is 0.467. The first-order chi connectivity index (χ1) is 9.49. The molecule has 0 aliphatic rings. The second kappa shape index (κ2) is 8.04. The van der Waals surface area contributed by atoms with Crippen molar-refractivity contribution in [2.45, 2.75) is 27.2 Å². The van der Waals surface area contributed by atoms with Crippen molar-refractivity contribution in [1.82, 2.24) is 4.90 Å². The first-order valence-corrected chi connectivity index (χ1v) is 7.49. The van der Waals surface area contributed by atoms with Crippen molar-refractivity contribution in [2.24, 2.45) is 0 Å². The van der Waals surface area contributed by atoms with Gasteiger partial charge in [0.2, 0.25) is 0 Å². The summed E-state index contributed by atoms with van der Waals surface area (Å²) in [6.07, 6.45) is 0.786. The number of carbonyl (C=O) groups excluding carboxylic acids is 2. The van der Waals surface area contributed by atoms with Crippen molar-refractivity contribution in [2.75, 3.05) is 19.7 Å². The minimum atomic E-state index is -0.377. The Morgan fingerprint density at radius 1 is 1.30 bits per heavy atom. The van der Waals surface area contributed by atoms with Gasteiger partial charge in [-0.25, -0.2) is 0 Å². The summed E-state index contributed by atoms with van der Waals surface area (Å²) in [6.45, 7) is 6.51. The van der Waals surface area contributed by atoms with Crippen molar-refractivity contribution >= 4 is 27.8 Å². The maximum Gasteiger partial charge on any atom is 0.325 e. The van der Waals surface area contributed by atoms with Crippen LogP contribution in [0.5, 0.6) is 0 Å². The molecule has 1 rings (SSSR count). The average Bonchev–Trinajstić information content (AvgIpc) is 2.38. The molecule has 4 nitrogen and oxygen atoms in total. The highest BCUT2D eigenvalue weighted by atomic mass is 79.9. The van der Waals surface area contributed by atoms with Crippen molar-refractivity contribution in [3.05, 3.63) is 33.8 Å². The molecule has 0 atom stereocenters. The van der Waals surface area contributed by atoms with Gasteiger partial charge in [-0.1, -0.05) is 13.0 Å². The second-order valence-electron chi connectivity index (χ2n) is 4.52. The Bertz CT molecular complexity index is 488. The molecule has 0 fully saturated rings. The second-order valence-corrected chi connectivity index (χ2v) is 5.37. The minimum absolute atomic E-state index is 0.0131. The minimum Gasteiger partial charge on any atom is -0.465 e. The number of ether oxygens (including phenoxy) is 1. The molecular formula is C15H20BrNO3. The third-order valence-corrected chi connectivity index (χ3v) is 3.42. The number of aryl methyl sites for hydroxylation is 1. The number of hydrogen-bond acceptors (Lipinski definition) is 3. The Morgan fingerprint density at radius 3 is 2.55 bits per heavy atom. The van der Waals surface area contributed by atoms with Crippen LogP contribution in [0.25, 0.3) is 0 Å². The highest BCUT2D eigenvalue weighted by Gasteiger charge is 2.20. The lowest BCUT2D eigenvalue weighted by atomic mass is 10.1. The van der Waals surface area contributed by atoms with E-state index in [9.17, 15) is 9.59 Å². The summed E-state index contributed by atoms with van der Waals surface area (Å²) in [5.41, 5.74) is 1.63. The Labute approximate surface area is 128 Å². The molecule has 0 N–H and O–H groups in total. The van der Waals surface area contributed by atoms with E-state index in [0.29, 0.717) is 18.7 Å². The smallest absolute Gasteiger partial charge is 0.325 e. The molecule has 0 spiro atoms. The summed E-state index contributed by atoms with van der Waals surface area (Å²) in [4.78, 5) is 25.6. The van der Waals surface area contributed by atoms with Crippen LogP contribution < -0.4 is 0 Å². The largest absolute Gasteiger partial charge is 0.465 e. The van der Waals surface area contributed by atoms with Crippen molar-refractivity contribution < 1.29 is 14.3 Å². The van der Waals surface area contributed by atoms with E-state index in [0.717, 1.165) is 16.5 Å². The molecule has 0 unspecified atom stereocenters. The molecule has 0 aliphatic carbocycles. The molecule has 0 bridgehead atoms. The number of nitrogens with zero attached hydrogens (tertiary/aromatic N) is 1. The summed E-state index contributed by atoms with van der Waals surface area (Å²) >= 11 is 3.40. The number of carbonyl (C=O) groups is 2. The number of rotatable bonds is 6. The molecule has 1 aromatic rings. The summed E-state index contributed by atoms with van der Waals surface area (Å²) in [6, 6.07) is 5.55. The van der Waals surface area contributed by atoms with E-state index in [1.807, 2.05) is 26.0 Å². The van der Waals surface area contributed by atoms with Crippen molar-refractivity contribution in [1.29, 1.82) is 0 Å². The molecule has 0 heterocycles. The first-order valence-electron chi connectivity index (χ1n) is 6.70. The van der Waals surface area contributed by atoms with Gasteiger partial charge in [-0.3, -0.25) is 9.59 Å². The zero-order valence-electron chi connectivity index (χ0n) is 12.1. The van der Waals surface area contributed by atoms with Gasteiger partial charge in [0.05, 0.1) is 12.2 Å². The maximum atomic E-state index is 12.5. The molecule has 1 amide bonds. The Morgan fingerprint density at radius 2 is 2.00 bits per heavy atom. The van der Waals surface area contributed by atoms with Gasteiger partial charge in [0, 0.05) is 11.0 Å². The third kappa shape index (κ3) is 4.63. The SMILES string of the molecule is CCCN(CC(=O)OCC)C(=O)c1ccc(C)cc1Br. The van der Waals surface area contributed by atoms with Gasteiger partial charge >= 0.3 is 5.97 Å². The molecule has 0 aromatic heterocycles. The van der Waals surface area contributed by atoms with Crippen LogP contribution in [-0.2, 0) is 9.53 Å². The Kier molecular flexibility index (Phi) is 6.71. The van der Waals surface area contributed by atoms with Crippen molar-refractivity contribution in [3.8, 4) is 0 Å². The molecule has 0 radical (unpaired) electrons. The molecule has 5 heteroatoms. The van der Waals surface area contributed by atoms with Gasteiger partial charge in [0.1, 0.15) is 6.54 Å². The third-order valence-electron chi connectivity index (χ3n) is 2.76. The van der Waals surface area contributed by atoms with E-state index in [4.69, 9.17) is 4.74 Å². The van der Waals surface area contributed by atoms with Crippen LogP contribution in [0.1, 0.15) is 36.2 Å². The summed E-state index contributed by atoms with van der Waals surface area (Å²) in [5, 5.41) is 0. The van der Waals surface area contributed by atoms with Crippen LogP contribution in [0, 0.1) is 6.92 Å². The predicted molar refractivity (Wildman–Crippen MR) is 81.7 cm³/mol. The fourth-order valence-corrected chi connectivity index (χ4v) is 2.51. The molecule has 110 valence electrons. The molecule has 0 saturated carbocycles. The number of amides is 1. The van der Waals surface area contributed by atoms with Gasteiger partial charge < -0.3 is 9.64 Å². The van der Waals surface area contributed by atoms with Gasteiger partial charge in [-0.15, -0.1) is 0 Å². The van der Waals surface area contributed by atoms with E-state index in [-0.39, 0.29) is 18.4 Å². The Balaban J connectivity index is 2.90. The highest BCUT2D eigenvalue weighted by Crippen LogP contribution is 2.20. The van der Waals surface area contributed by atoms with E-state index in [2.05, 4.69) is 15.9 Å². The molecular weight excluding hydrogens is 322 g/mol. The van der Waals surface area contributed by atoms with Crippen LogP contribution >= 0.6 is 15.9 Å². The van der Waals surface area contributed by atoms with E-state index in [1.165, 1.54) is 4.90 Å². The summed E-state index contributed by atoms with van der Waals surface area (Å²) < 4.78 is 5.65. The first kappa shape index (κ1) is 16.7. The number of hydrogen-bond donors (Lipinski definition) is 0. The van der Waals surface area contributed by atoms with E-state index in [1.54, 1.807) is 13.0 Å². The van der Waals surface area contributed by atoms with Gasteiger partial charge in [0.25, 0.3) is 5.91 Å². The van der Waals surface area contributed by atoms with Crippen LogP contribution in [0.2, 0.25) is 0 Å². The van der Waals surface area contributed by atoms with Crippen LogP contribution in [0.4, 0.5) is 0 Å². The van der Waals surface area contributed by atoms with E-state index >= 15 is 0 Å². The number of benzene rings is 1. The average molecular weight is 342 g/mol. The number of halogens is 1. The topological polar surface area (TPSA) is 46.6 Å². The van der Waals surface area contributed by atoms with Gasteiger partial charge in [0.15, 0.2) is 0 Å². The fourth-order valence-electron chi connectivity index (χ4n) is 1.85. The van der Waals surface area contributed by atoms with Crippen LogP contribution in [-0.4, -0.2) is 36.5 Å². The predicted octanol–water partition coefficient (Wildman–Crippen LogP) is 3.17. The molecule has 1 aromatic carbocycles. The highest BCUT2D eigenvalue weighted by molar-refractivity contribution is 9.10. The quantitative estimate of drug-likeness (QED) is 0.746. The standard InChI is InChI=1S/C15H20BrNO3/c1-4-8-17(10-14(18)20-5-2)15(19)12-7-6-11(3)9-13(12)16/h6-7,9H,4-5,8,10H2,1-3H3. The zero-order valence-corrected chi connectivity index (χ0v) is 13.7. The van der Waals surface area contributed by atoms with Crippen molar-refractivity contribution in [3.63, 3.8) is 0 Å². The monoisotopic (exact) mass is 341 g/mol. The summed E-state index contributed by atoms with van der Waals surface area (Å²) in [7, 11) is 0. The van der Waals surface area contributed by atoms with Gasteiger partial charge in [-0.05, 0) is 53.9 Å². The molecule has 0 saturated heterocycles. The normalized spacial score (nSPS) is 10.2. The Hall–Kier alpha value is -1.36. The lowest BCUT2D eigenvalue weighted by Crippen LogP contribution is -2.37. The molecule has 20 heavy (non-hydrogen) atoms. The lowest BCUT2D eigenvalue weighted by Gasteiger charge is -2.21. The van der Waals surface area contributed by atoms with E-state index < -0.39 is 0 Å². The molecule has 0 aliphatic heterocycles. The van der Waals surface area contributed by atoms with Crippen LogP contribution in [0.15, 0.2) is 22.7 Å². The zero-order chi connectivity index (χ0) is 15.1.